The van der Waals surface area contributed by atoms with Crippen LogP contribution in [0.2, 0.25) is 10.0 Å². The predicted molar refractivity (Wildman–Crippen MR) is 117 cm³/mol. The van der Waals surface area contributed by atoms with Gasteiger partial charge in [0.15, 0.2) is 5.78 Å². The molecule has 7 nitrogen and oxygen atoms in total. The topological polar surface area (TPSA) is 86.3 Å². The number of halogens is 2. The summed E-state index contributed by atoms with van der Waals surface area (Å²) >= 11 is 12.9. The highest BCUT2D eigenvalue weighted by molar-refractivity contribution is 6.46. The molecule has 0 aliphatic carbocycles. The smallest absolute Gasteiger partial charge is 0.314 e. The highest BCUT2D eigenvalue weighted by Gasteiger charge is 2.36. The molecule has 1 saturated heterocycles. The van der Waals surface area contributed by atoms with Gasteiger partial charge in [0.05, 0.1) is 27.5 Å². The zero-order valence-electron chi connectivity index (χ0n) is 16.7. The average molecular weight is 462 g/mol. The van der Waals surface area contributed by atoms with Crippen molar-refractivity contribution >= 4 is 45.9 Å². The van der Waals surface area contributed by atoms with Gasteiger partial charge < -0.3 is 14.4 Å². The van der Waals surface area contributed by atoms with Crippen LogP contribution in [-0.2, 0) is 16.1 Å². The third-order valence-electron chi connectivity index (χ3n) is 6.18. The van der Waals surface area contributed by atoms with E-state index in [1.165, 1.54) is 0 Å². The fourth-order valence-corrected chi connectivity index (χ4v) is 5.10. The first-order chi connectivity index (χ1) is 15.0. The minimum absolute atomic E-state index is 0.156. The van der Waals surface area contributed by atoms with E-state index in [1.54, 1.807) is 16.9 Å². The van der Waals surface area contributed by atoms with Crippen molar-refractivity contribution in [3.8, 4) is 11.1 Å². The van der Waals surface area contributed by atoms with Crippen molar-refractivity contribution in [3.05, 3.63) is 40.3 Å². The Balaban J connectivity index is 1.75. The Morgan fingerprint density at radius 2 is 2.03 bits per heavy atom. The van der Waals surface area contributed by atoms with Gasteiger partial charge in [0.25, 0.3) is 0 Å². The lowest BCUT2D eigenvalue weighted by Gasteiger charge is -2.22. The van der Waals surface area contributed by atoms with Gasteiger partial charge in [0.2, 0.25) is 0 Å². The van der Waals surface area contributed by atoms with Gasteiger partial charge in [0.1, 0.15) is 12.1 Å². The second-order valence-electron chi connectivity index (χ2n) is 8.06. The number of hydrogen-bond acceptors (Lipinski definition) is 4. The minimum Gasteiger partial charge on any atom is -0.481 e. The Bertz CT molecular complexity index is 1190. The molecule has 5 rings (SSSR count). The number of aryl methyl sites for hydroxylation is 1. The van der Waals surface area contributed by atoms with Crippen molar-refractivity contribution in [2.24, 2.45) is 5.92 Å². The van der Waals surface area contributed by atoms with Crippen LogP contribution in [0.1, 0.15) is 48.8 Å². The number of aromatic nitrogens is 3. The number of rotatable bonds is 3. The van der Waals surface area contributed by atoms with Crippen LogP contribution < -0.4 is 0 Å². The van der Waals surface area contributed by atoms with E-state index < -0.39 is 17.7 Å². The van der Waals surface area contributed by atoms with Crippen molar-refractivity contribution in [1.82, 2.24) is 14.3 Å². The van der Waals surface area contributed by atoms with Gasteiger partial charge in [-0.1, -0.05) is 23.2 Å². The summed E-state index contributed by atoms with van der Waals surface area (Å²) in [6.45, 7) is 1.21. The number of aliphatic carboxylic acids is 1. The Labute approximate surface area is 188 Å². The number of hydrogen-bond donors (Lipinski definition) is 1. The molecule has 31 heavy (non-hydrogen) atoms. The first kappa shape index (κ1) is 20.5. The van der Waals surface area contributed by atoms with Crippen LogP contribution in [-0.4, -0.2) is 37.8 Å². The van der Waals surface area contributed by atoms with E-state index in [9.17, 15) is 14.7 Å². The molecule has 162 valence electrons. The molecule has 2 aliphatic rings. The fraction of sp³-hybridized carbons (Fsp3) is 0.409. The van der Waals surface area contributed by atoms with Crippen molar-refractivity contribution in [2.75, 3.05) is 6.61 Å². The first-order valence-corrected chi connectivity index (χ1v) is 11.2. The summed E-state index contributed by atoms with van der Waals surface area (Å²) in [5, 5.41) is 15.5. The van der Waals surface area contributed by atoms with Gasteiger partial charge in [0, 0.05) is 35.9 Å². The second-order valence-corrected chi connectivity index (χ2v) is 8.84. The lowest BCUT2D eigenvalue weighted by molar-refractivity contribution is -0.140. The number of ether oxygens (including phenoxy) is 1. The molecule has 0 spiro atoms. The number of Topliss-reactive ketones (excluding diaryl/α,β-unsaturated/α-hetero) is 1. The molecule has 0 amide bonds. The monoisotopic (exact) mass is 461 g/mol. The van der Waals surface area contributed by atoms with Gasteiger partial charge >= 0.3 is 5.97 Å². The zero-order chi connectivity index (χ0) is 21.7. The normalized spacial score (nSPS) is 21.8. The zero-order valence-corrected chi connectivity index (χ0v) is 18.2. The van der Waals surface area contributed by atoms with Crippen molar-refractivity contribution < 1.29 is 19.4 Å². The lowest BCUT2D eigenvalue weighted by atomic mass is 9.93. The largest absolute Gasteiger partial charge is 0.481 e. The van der Waals surface area contributed by atoms with Crippen LogP contribution in [0.15, 0.2) is 24.5 Å². The van der Waals surface area contributed by atoms with Crippen LogP contribution in [0.4, 0.5) is 0 Å². The van der Waals surface area contributed by atoms with Crippen LogP contribution >= 0.6 is 23.2 Å². The molecule has 3 aromatic rings. The van der Waals surface area contributed by atoms with Gasteiger partial charge in [-0.3, -0.25) is 9.59 Å². The number of benzene rings is 1. The molecule has 2 unspecified atom stereocenters. The van der Waals surface area contributed by atoms with E-state index in [0.29, 0.717) is 58.2 Å². The summed E-state index contributed by atoms with van der Waals surface area (Å²) in [5.41, 5.74) is 2.40. The van der Waals surface area contributed by atoms with E-state index in [4.69, 9.17) is 27.9 Å². The third kappa shape index (κ3) is 3.35. The standard InChI is InChI=1S/C22H21Cl2N3O4/c23-14-6-7-15-18(19(14)24)17(12-10-25-27(11-12)16-5-1-2-9-31-16)20-21(28)13(22(29)30)4-3-8-26(15)20/h6-7,10-11,13,16H,1-5,8-9H2,(H,29,30). The van der Waals surface area contributed by atoms with Crippen LogP contribution in [0, 0.1) is 5.92 Å². The Morgan fingerprint density at radius 1 is 1.19 bits per heavy atom. The number of carbonyl (C=O) groups excluding carboxylic acids is 1. The molecule has 1 N–H and O–H groups in total. The number of carboxylic acid groups (broad SMARTS) is 1. The quantitative estimate of drug-likeness (QED) is 0.542. The number of carboxylic acids is 1. The minimum atomic E-state index is -1.11. The fourth-order valence-electron chi connectivity index (χ4n) is 4.69. The maximum atomic E-state index is 13.4. The highest BCUT2D eigenvalue weighted by atomic mass is 35.5. The summed E-state index contributed by atoms with van der Waals surface area (Å²) in [5.74, 6) is -2.61. The Morgan fingerprint density at radius 3 is 2.77 bits per heavy atom. The van der Waals surface area contributed by atoms with E-state index in [0.717, 1.165) is 24.8 Å². The maximum absolute atomic E-state index is 13.4. The second kappa shape index (κ2) is 7.97. The molecular weight excluding hydrogens is 441 g/mol. The van der Waals surface area contributed by atoms with Crippen molar-refractivity contribution in [1.29, 1.82) is 0 Å². The van der Waals surface area contributed by atoms with Crippen molar-refractivity contribution in [3.63, 3.8) is 0 Å². The lowest BCUT2D eigenvalue weighted by Crippen LogP contribution is -2.24. The molecule has 9 heteroatoms. The van der Waals surface area contributed by atoms with Crippen LogP contribution in [0.5, 0.6) is 0 Å². The molecule has 2 aromatic heterocycles. The summed E-state index contributed by atoms with van der Waals surface area (Å²) in [4.78, 5) is 25.2. The van der Waals surface area contributed by atoms with Gasteiger partial charge in [-0.25, -0.2) is 4.68 Å². The summed E-state index contributed by atoms with van der Waals surface area (Å²) in [7, 11) is 0. The molecule has 4 heterocycles. The number of ketones is 1. The first-order valence-electron chi connectivity index (χ1n) is 10.4. The number of fused-ring (bicyclic) bond motifs is 3. The summed E-state index contributed by atoms with van der Waals surface area (Å²) in [6, 6.07) is 3.53. The Hall–Kier alpha value is -2.35. The van der Waals surface area contributed by atoms with E-state index in [2.05, 4.69) is 5.10 Å². The molecule has 0 bridgehead atoms. The third-order valence-corrected chi connectivity index (χ3v) is 6.99. The van der Waals surface area contributed by atoms with Gasteiger partial charge in [-0.15, -0.1) is 0 Å². The van der Waals surface area contributed by atoms with Gasteiger partial charge in [-0.05, 0) is 44.2 Å². The van der Waals surface area contributed by atoms with Gasteiger partial charge in [-0.2, -0.15) is 5.10 Å². The highest BCUT2D eigenvalue weighted by Crippen LogP contribution is 2.44. The molecule has 0 saturated carbocycles. The number of carbonyl (C=O) groups is 2. The molecular formula is C22H21Cl2N3O4. The van der Waals surface area contributed by atoms with E-state index in [-0.39, 0.29) is 6.23 Å². The number of nitrogens with zero attached hydrogens (tertiary/aromatic N) is 3. The Kier molecular flexibility index (Phi) is 5.28. The van der Waals surface area contributed by atoms with Crippen molar-refractivity contribution in [2.45, 2.75) is 44.9 Å². The molecule has 0 radical (unpaired) electrons. The SMILES string of the molecule is O=C(O)C1CCCn2c(c(-c3cnn(C4CCCCO4)c3)c3c(Cl)c(Cl)ccc32)C1=O. The molecule has 2 atom stereocenters. The molecule has 1 fully saturated rings. The van der Waals surface area contributed by atoms with E-state index in [1.807, 2.05) is 16.8 Å². The maximum Gasteiger partial charge on any atom is 0.314 e. The summed E-state index contributed by atoms with van der Waals surface area (Å²) in [6.07, 6.45) is 7.20. The predicted octanol–water partition coefficient (Wildman–Crippen LogP) is 5.19. The van der Waals surface area contributed by atoms with Crippen LogP contribution in [0.25, 0.3) is 22.0 Å². The van der Waals surface area contributed by atoms with Crippen LogP contribution in [0.3, 0.4) is 0 Å². The average Bonchev–Trinajstić information content (AvgIpc) is 3.32. The van der Waals surface area contributed by atoms with E-state index >= 15 is 0 Å². The molecule has 1 aromatic carbocycles. The molecule has 2 aliphatic heterocycles. The summed E-state index contributed by atoms with van der Waals surface area (Å²) < 4.78 is 9.47.